The number of nitrogens with zero attached hydrogens (tertiary/aromatic N) is 3. The minimum absolute atomic E-state index is 0.000806. The molecule has 7 heteroatoms. The molecule has 0 bridgehead atoms. The Balaban J connectivity index is 1.97. The predicted octanol–water partition coefficient (Wildman–Crippen LogP) is -1.11. The number of hydrogen-bond donors (Lipinski definition) is 1. The fourth-order valence-electron chi connectivity index (χ4n) is 2.83. The standard InChI is InChI=1S/C14H24N4O3/c1-4-16-7-8-17(14(21)13(16)20)9-12(19)18-6-5-15-10(2)11(18)3/h10-11,15H,4-9H2,1-3H3. The van der Waals surface area contributed by atoms with E-state index >= 15 is 0 Å². The molecule has 2 saturated heterocycles. The van der Waals surface area contributed by atoms with Crippen molar-refractivity contribution in [3.05, 3.63) is 0 Å². The van der Waals surface area contributed by atoms with Crippen molar-refractivity contribution >= 4 is 17.7 Å². The Labute approximate surface area is 125 Å². The van der Waals surface area contributed by atoms with Crippen molar-refractivity contribution in [2.24, 2.45) is 0 Å². The zero-order valence-corrected chi connectivity index (χ0v) is 13.0. The van der Waals surface area contributed by atoms with E-state index in [1.54, 1.807) is 4.90 Å². The molecule has 2 unspecified atom stereocenters. The average molecular weight is 296 g/mol. The molecule has 21 heavy (non-hydrogen) atoms. The Morgan fingerprint density at radius 2 is 1.76 bits per heavy atom. The Bertz CT molecular complexity index is 440. The van der Waals surface area contributed by atoms with Crippen LogP contribution in [0.2, 0.25) is 0 Å². The van der Waals surface area contributed by atoms with Crippen molar-refractivity contribution in [3.8, 4) is 0 Å². The molecule has 0 aliphatic carbocycles. The first kappa shape index (κ1) is 15.8. The molecule has 118 valence electrons. The van der Waals surface area contributed by atoms with Gasteiger partial charge in [-0.2, -0.15) is 0 Å². The summed E-state index contributed by atoms with van der Waals surface area (Å²) in [6, 6.07) is 0.325. The highest BCUT2D eigenvalue weighted by atomic mass is 16.2. The molecule has 7 nitrogen and oxygen atoms in total. The van der Waals surface area contributed by atoms with E-state index in [0.29, 0.717) is 26.2 Å². The number of rotatable bonds is 3. The van der Waals surface area contributed by atoms with Crippen molar-refractivity contribution in [1.29, 1.82) is 0 Å². The van der Waals surface area contributed by atoms with Gasteiger partial charge in [0.2, 0.25) is 5.91 Å². The molecule has 0 aromatic rings. The van der Waals surface area contributed by atoms with E-state index in [4.69, 9.17) is 0 Å². The molecule has 2 rings (SSSR count). The lowest BCUT2D eigenvalue weighted by molar-refractivity contribution is -0.158. The van der Waals surface area contributed by atoms with Crippen molar-refractivity contribution in [3.63, 3.8) is 0 Å². The molecule has 2 atom stereocenters. The first-order valence-electron chi connectivity index (χ1n) is 7.56. The highest BCUT2D eigenvalue weighted by Crippen LogP contribution is 2.11. The van der Waals surface area contributed by atoms with Gasteiger partial charge in [0, 0.05) is 44.8 Å². The maximum atomic E-state index is 12.4. The molecule has 2 aliphatic heterocycles. The zero-order valence-electron chi connectivity index (χ0n) is 13.0. The summed E-state index contributed by atoms with van der Waals surface area (Å²) in [6.07, 6.45) is 0. The van der Waals surface area contributed by atoms with Crippen LogP contribution in [0.15, 0.2) is 0 Å². The van der Waals surface area contributed by atoms with E-state index in [9.17, 15) is 14.4 Å². The molecule has 2 heterocycles. The number of carbonyl (C=O) groups excluding carboxylic acids is 3. The quantitative estimate of drug-likeness (QED) is 0.670. The highest BCUT2D eigenvalue weighted by Gasteiger charge is 2.35. The first-order valence-corrected chi connectivity index (χ1v) is 7.56. The lowest BCUT2D eigenvalue weighted by Crippen LogP contribution is -2.61. The van der Waals surface area contributed by atoms with E-state index in [0.717, 1.165) is 6.54 Å². The van der Waals surface area contributed by atoms with Crippen LogP contribution in [-0.2, 0) is 14.4 Å². The van der Waals surface area contributed by atoms with Crippen LogP contribution >= 0.6 is 0 Å². The summed E-state index contributed by atoms with van der Waals surface area (Å²) in [6.45, 7) is 8.74. The number of nitrogens with one attached hydrogen (secondary N) is 1. The molecular formula is C14H24N4O3. The van der Waals surface area contributed by atoms with Crippen LogP contribution < -0.4 is 5.32 Å². The second-order valence-corrected chi connectivity index (χ2v) is 5.68. The maximum absolute atomic E-state index is 12.4. The summed E-state index contributed by atoms with van der Waals surface area (Å²) < 4.78 is 0. The molecule has 3 amide bonds. The summed E-state index contributed by atoms with van der Waals surface area (Å²) in [5.41, 5.74) is 0. The first-order chi connectivity index (χ1) is 9.95. The smallest absolute Gasteiger partial charge is 0.312 e. The van der Waals surface area contributed by atoms with E-state index < -0.39 is 11.8 Å². The van der Waals surface area contributed by atoms with Crippen LogP contribution in [-0.4, -0.2) is 83.8 Å². The molecule has 0 saturated carbocycles. The summed E-state index contributed by atoms with van der Waals surface area (Å²) in [4.78, 5) is 40.9. The van der Waals surface area contributed by atoms with Crippen molar-refractivity contribution < 1.29 is 14.4 Å². The summed E-state index contributed by atoms with van der Waals surface area (Å²) in [7, 11) is 0. The van der Waals surface area contributed by atoms with Gasteiger partial charge in [-0.1, -0.05) is 0 Å². The average Bonchev–Trinajstić information content (AvgIpc) is 2.47. The van der Waals surface area contributed by atoms with Crippen LogP contribution in [0.1, 0.15) is 20.8 Å². The summed E-state index contributed by atoms with van der Waals surface area (Å²) in [5, 5.41) is 3.31. The van der Waals surface area contributed by atoms with Gasteiger partial charge >= 0.3 is 11.8 Å². The molecule has 1 N–H and O–H groups in total. The molecule has 0 radical (unpaired) electrons. The highest BCUT2D eigenvalue weighted by molar-refractivity contribution is 6.35. The van der Waals surface area contributed by atoms with Crippen LogP contribution in [0.25, 0.3) is 0 Å². The molecule has 0 spiro atoms. The monoisotopic (exact) mass is 296 g/mol. The minimum atomic E-state index is -0.563. The summed E-state index contributed by atoms with van der Waals surface area (Å²) in [5.74, 6) is -1.15. The number of amides is 3. The van der Waals surface area contributed by atoms with Gasteiger partial charge in [0.25, 0.3) is 0 Å². The Morgan fingerprint density at radius 1 is 1.14 bits per heavy atom. The minimum Gasteiger partial charge on any atom is -0.336 e. The number of hydrogen-bond acceptors (Lipinski definition) is 4. The van der Waals surface area contributed by atoms with E-state index in [1.165, 1.54) is 9.80 Å². The lowest BCUT2D eigenvalue weighted by Gasteiger charge is -2.40. The van der Waals surface area contributed by atoms with E-state index in [1.807, 2.05) is 20.8 Å². The van der Waals surface area contributed by atoms with Crippen LogP contribution in [0.4, 0.5) is 0 Å². The lowest BCUT2D eigenvalue weighted by atomic mass is 10.1. The number of piperazine rings is 2. The van der Waals surface area contributed by atoms with E-state index in [-0.39, 0.29) is 24.5 Å². The molecule has 2 fully saturated rings. The van der Waals surface area contributed by atoms with Gasteiger partial charge in [-0.25, -0.2) is 0 Å². The molecule has 0 aromatic carbocycles. The third kappa shape index (κ3) is 3.18. The van der Waals surface area contributed by atoms with Gasteiger partial charge in [-0.05, 0) is 20.8 Å². The zero-order chi connectivity index (χ0) is 15.6. The Kier molecular flexibility index (Phi) is 4.82. The Hall–Kier alpha value is -1.63. The van der Waals surface area contributed by atoms with Crippen molar-refractivity contribution in [2.45, 2.75) is 32.9 Å². The molecule has 0 aromatic heterocycles. The van der Waals surface area contributed by atoms with Gasteiger partial charge in [0.05, 0.1) is 0 Å². The fraction of sp³-hybridized carbons (Fsp3) is 0.786. The second kappa shape index (κ2) is 6.43. The largest absolute Gasteiger partial charge is 0.336 e. The van der Waals surface area contributed by atoms with Gasteiger partial charge in [-0.3, -0.25) is 14.4 Å². The SMILES string of the molecule is CCN1CCN(CC(=O)N2CCNC(C)C2C)C(=O)C1=O. The molecule has 2 aliphatic rings. The number of carbonyl (C=O) groups is 3. The van der Waals surface area contributed by atoms with Crippen LogP contribution in [0.5, 0.6) is 0 Å². The van der Waals surface area contributed by atoms with Crippen molar-refractivity contribution in [2.75, 3.05) is 39.3 Å². The van der Waals surface area contributed by atoms with Gasteiger partial charge in [-0.15, -0.1) is 0 Å². The van der Waals surface area contributed by atoms with Gasteiger partial charge in [0.1, 0.15) is 6.54 Å². The van der Waals surface area contributed by atoms with Gasteiger partial charge in [0.15, 0.2) is 0 Å². The van der Waals surface area contributed by atoms with E-state index in [2.05, 4.69) is 5.32 Å². The maximum Gasteiger partial charge on any atom is 0.312 e. The normalized spacial score (nSPS) is 27.3. The molecular weight excluding hydrogens is 272 g/mol. The predicted molar refractivity (Wildman–Crippen MR) is 77.5 cm³/mol. The number of likely N-dealkylation sites (N-methyl/N-ethyl adjacent to an activating group) is 1. The Morgan fingerprint density at radius 3 is 2.43 bits per heavy atom. The topological polar surface area (TPSA) is 73.0 Å². The third-order valence-electron chi connectivity index (χ3n) is 4.46. The fourth-order valence-corrected chi connectivity index (χ4v) is 2.83. The third-order valence-corrected chi connectivity index (χ3v) is 4.46. The summed E-state index contributed by atoms with van der Waals surface area (Å²) >= 11 is 0. The van der Waals surface area contributed by atoms with Crippen molar-refractivity contribution in [1.82, 2.24) is 20.0 Å². The second-order valence-electron chi connectivity index (χ2n) is 5.68. The van der Waals surface area contributed by atoms with Gasteiger partial charge < -0.3 is 20.0 Å². The van der Waals surface area contributed by atoms with Crippen LogP contribution in [0, 0.1) is 0 Å². The van der Waals surface area contributed by atoms with Crippen LogP contribution in [0.3, 0.4) is 0 Å².